The summed E-state index contributed by atoms with van der Waals surface area (Å²) in [5.74, 6) is 0.178. The number of nitrogens with one attached hydrogen (secondary N) is 3. The van der Waals surface area contributed by atoms with Crippen molar-refractivity contribution in [3.05, 3.63) is 36.2 Å². The molecule has 1 radical (unpaired) electrons. The number of aromatic amines is 1. The maximum atomic E-state index is 11.7. The van der Waals surface area contributed by atoms with Crippen molar-refractivity contribution < 1.29 is 14.3 Å². The summed E-state index contributed by atoms with van der Waals surface area (Å²) < 4.78 is 5.46. The first-order valence-corrected chi connectivity index (χ1v) is 7.22. The number of H-pyrrole nitrogens is 1. The van der Waals surface area contributed by atoms with Crippen molar-refractivity contribution in [3.63, 3.8) is 0 Å². The average Bonchev–Trinajstić information content (AvgIpc) is 2.96. The number of rotatable bonds is 7. The predicted octanol–water partition coefficient (Wildman–Crippen LogP) is 0.816. The molecule has 7 nitrogen and oxygen atoms in total. The van der Waals surface area contributed by atoms with Crippen molar-refractivity contribution >= 4 is 11.8 Å². The molecule has 0 atom stereocenters. The molecule has 2 aromatic rings. The molecule has 1 aromatic carbocycles. The second-order valence-corrected chi connectivity index (χ2v) is 4.96. The van der Waals surface area contributed by atoms with E-state index in [0.29, 0.717) is 18.8 Å². The topological polar surface area (TPSA) is 96.1 Å². The van der Waals surface area contributed by atoms with E-state index < -0.39 is 0 Å². The van der Waals surface area contributed by atoms with Crippen LogP contribution in [-0.4, -0.2) is 41.7 Å². The molecule has 0 saturated heterocycles. The average molecular weight is 315 g/mol. The Labute approximate surface area is 134 Å². The van der Waals surface area contributed by atoms with Crippen LogP contribution in [0.15, 0.2) is 24.4 Å². The Morgan fingerprint density at radius 3 is 2.78 bits per heavy atom. The summed E-state index contributed by atoms with van der Waals surface area (Å²) in [5.41, 5.74) is 2.76. The number of aryl methyl sites for hydroxylation is 1. The van der Waals surface area contributed by atoms with E-state index in [4.69, 9.17) is 4.74 Å². The molecule has 3 N–H and O–H groups in total. The molecular formula is C16H19N4O3. The Bertz CT molecular complexity index is 681. The fourth-order valence-electron chi connectivity index (χ4n) is 1.98. The van der Waals surface area contributed by atoms with Gasteiger partial charge < -0.3 is 15.4 Å². The number of amides is 2. The van der Waals surface area contributed by atoms with Crippen LogP contribution in [0.25, 0.3) is 11.1 Å². The summed E-state index contributed by atoms with van der Waals surface area (Å²) in [4.78, 5) is 22.3. The molecule has 2 rings (SSSR count). The van der Waals surface area contributed by atoms with Crippen molar-refractivity contribution in [1.29, 1.82) is 0 Å². The van der Waals surface area contributed by atoms with Gasteiger partial charge in [-0.15, -0.1) is 0 Å². The molecular weight excluding hydrogens is 296 g/mol. The van der Waals surface area contributed by atoms with E-state index >= 15 is 0 Å². The van der Waals surface area contributed by atoms with Gasteiger partial charge in [-0.2, -0.15) is 5.10 Å². The Hall–Kier alpha value is -2.83. The highest BCUT2D eigenvalue weighted by molar-refractivity contribution is 5.77. The number of nitrogens with zero attached hydrogens (tertiary/aromatic N) is 1. The molecule has 1 heterocycles. The quantitative estimate of drug-likeness (QED) is 0.659. The summed E-state index contributed by atoms with van der Waals surface area (Å²) >= 11 is 0. The molecule has 0 spiro atoms. The molecule has 0 fully saturated rings. The second kappa shape index (κ2) is 7.98. The van der Waals surface area contributed by atoms with Crippen LogP contribution in [0.5, 0.6) is 5.75 Å². The number of carbonyl (C=O) groups is 2. The molecule has 0 aliphatic rings. The van der Waals surface area contributed by atoms with Crippen LogP contribution in [0.4, 0.5) is 0 Å². The smallest absolute Gasteiger partial charge is 0.258 e. The van der Waals surface area contributed by atoms with Crippen LogP contribution >= 0.6 is 0 Å². The third-order valence-electron chi connectivity index (χ3n) is 3.10. The zero-order valence-electron chi connectivity index (χ0n) is 13.1. The van der Waals surface area contributed by atoms with E-state index in [1.807, 2.05) is 19.1 Å². The Morgan fingerprint density at radius 1 is 1.30 bits per heavy atom. The molecule has 0 bridgehead atoms. The van der Waals surface area contributed by atoms with E-state index in [1.54, 1.807) is 12.3 Å². The second-order valence-electron chi connectivity index (χ2n) is 4.96. The molecule has 23 heavy (non-hydrogen) atoms. The van der Waals surface area contributed by atoms with Crippen molar-refractivity contribution in [2.24, 2.45) is 0 Å². The largest absolute Gasteiger partial charge is 0.484 e. The number of hydrogen-bond acceptors (Lipinski definition) is 4. The lowest BCUT2D eigenvalue weighted by Gasteiger charge is -2.09. The number of ether oxygens (including phenoxy) is 1. The Morgan fingerprint density at radius 2 is 2.09 bits per heavy atom. The maximum Gasteiger partial charge on any atom is 0.258 e. The summed E-state index contributed by atoms with van der Waals surface area (Å²) in [7, 11) is 0. The number of hydrogen-bond donors (Lipinski definition) is 3. The summed E-state index contributed by atoms with van der Waals surface area (Å²) in [6.07, 6.45) is 1.80. The van der Waals surface area contributed by atoms with Gasteiger partial charge in [0.2, 0.25) is 5.91 Å². The van der Waals surface area contributed by atoms with E-state index in [1.165, 1.54) is 6.92 Å². The standard InChI is InChI=1S/C16H19N4O3/c1-11-15(9-19-20-11)13-4-3-5-14(8-13)23-10-16(22)18-7-6-17-12(2)21/h4-5,8-9H,6-7,10H2,1-2H3,(H,17,21)(H,18,22)(H,19,20). The first-order chi connectivity index (χ1) is 11.1. The van der Waals surface area contributed by atoms with Gasteiger partial charge in [0.1, 0.15) is 5.75 Å². The molecule has 0 unspecified atom stereocenters. The molecule has 1 aromatic heterocycles. The number of carbonyl (C=O) groups excluding carboxylic acids is 2. The van der Waals surface area contributed by atoms with Gasteiger partial charge in [-0.25, -0.2) is 0 Å². The Balaban J connectivity index is 1.83. The van der Waals surface area contributed by atoms with E-state index in [2.05, 4.69) is 26.9 Å². The van der Waals surface area contributed by atoms with Crippen LogP contribution in [0, 0.1) is 13.0 Å². The monoisotopic (exact) mass is 315 g/mol. The van der Waals surface area contributed by atoms with Gasteiger partial charge >= 0.3 is 0 Å². The zero-order chi connectivity index (χ0) is 16.7. The van der Waals surface area contributed by atoms with Crippen LogP contribution < -0.4 is 15.4 Å². The van der Waals surface area contributed by atoms with E-state index in [9.17, 15) is 9.59 Å². The first kappa shape index (κ1) is 16.5. The van der Waals surface area contributed by atoms with Crippen molar-refractivity contribution in [2.45, 2.75) is 13.8 Å². The van der Waals surface area contributed by atoms with Gasteiger partial charge in [-0.05, 0) is 36.8 Å². The third kappa shape index (κ3) is 5.14. The fourth-order valence-corrected chi connectivity index (χ4v) is 1.98. The summed E-state index contributed by atoms with van der Waals surface area (Å²) in [6, 6.07) is 8.32. The van der Waals surface area contributed by atoms with E-state index in [-0.39, 0.29) is 18.4 Å². The predicted molar refractivity (Wildman–Crippen MR) is 84.8 cm³/mol. The highest BCUT2D eigenvalue weighted by atomic mass is 16.5. The SMILES string of the molecule is CC(=O)NCCNC(=O)COc1c[c]cc(-c2c[nH]nc2C)c1. The van der Waals surface area contributed by atoms with Crippen molar-refractivity contribution in [2.75, 3.05) is 19.7 Å². The van der Waals surface area contributed by atoms with Gasteiger partial charge in [0.25, 0.3) is 5.91 Å². The van der Waals surface area contributed by atoms with Crippen LogP contribution in [-0.2, 0) is 9.59 Å². The van der Waals surface area contributed by atoms with Gasteiger partial charge in [-0.1, -0.05) is 0 Å². The first-order valence-electron chi connectivity index (χ1n) is 7.22. The zero-order valence-corrected chi connectivity index (χ0v) is 13.1. The fraction of sp³-hybridized carbons (Fsp3) is 0.312. The molecule has 121 valence electrons. The van der Waals surface area contributed by atoms with E-state index in [0.717, 1.165) is 16.8 Å². The molecule has 2 amide bonds. The minimum atomic E-state index is -0.250. The molecule has 0 aliphatic carbocycles. The van der Waals surface area contributed by atoms with Crippen molar-refractivity contribution in [3.8, 4) is 16.9 Å². The number of benzene rings is 1. The Kier molecular flexibility index (Phi) is 5.74. The van der Waals surface area contributed by atoms with Gasteiger partial charge in [-0.3, -0.25) is 14.7 Å². The minimum Gasteiger partial charge on any atom is -0.484 e. The minimum absolute atomic E-state index is 0.0955. The summed E-state index contributed by atoms with van der Waals surface area (Å²) in [6.45, 7) is 3.99. The lowest BCUT2D eigenvalue weighted by atomic mass is 10.1. The summed E-state index contributed by atoms with van der Waals surface area (Å²) in [5, 5.41) is 12.1. The van der Waals surface area contributed by atoms with Crippen LogP contribution in [0.1, 0.15) is 12.6 Å². The van der Waals surface area contributed by atoms with Gasteiger partial charge in [0.15, 0.2) is 6.61 Å². The van der Waals surface area contributed by atoms with Crippen LogP contribution in [0.2, 0.25) is 0 Å². The molecule has 0 aliphatic heterocycles. The highest BCUT2D eigenvalue weighted by Crippen LogP contribution is 2.24. The van der Waals surface area contributed by atoms with Gasteiger partial charge in [0.05, 0.1) is 5.69 Å². The molecule has 7 heteroatoms. The van der Waals surface area contributed by atoms with Gasteiger partial charge in [0, 0.05) is 31.8 Å². The normalized spacial score (nSPS) is 10.2. The lowest BCUT2D eigenvalue weighted by molar-refractivity contribution is -0.123. The number of aromatic nitrogens is 2. The van der Waals surface area contributed by atoms with Crippen molar-refractivity contribution in [1.82, 2.24) is 20.8 Å². The maximum absolute atomic E-state index is 11.7. The lowest BCUT2D eigenvalue weighted by Crippen LogP contribution is -2.36. The molecule has 0 saturated carbocycles. The third-order valence-corrected chi connectivity index (χ3v) is 3.10. The van der Waals surface area contributed by atoms with Crippen LogP contribution in [0.3, 0.4) is 0 Å². The highest BCUT2D eigenvalue weighted by Gasteiger charge is 2.07.